The van der Waals surface area contributed by atoms with Gasteiger partial charge in [-0.05, 0) is 42.2 Å². The number of carbonyl (C=O) groups excluding carboxylic acids is 2. The molecule has 0 saturated heterocycles. The zero-order valence-corrected chi connectivity index (χ0v) is 14.1. The first-order valence-corrected chi connectivity index (χ1v) is 8.15. The Morgan fingerprint density at radius 2 is 2.24 bits per heavy atom. The zero-order chi connectivity index (χ0) is 17.8. The van der Waals surface area contributed by atoms with Crippen LogP contribution in [0.1, 0.15) is 17.5 Å². The molecule has 0 saturated carbocycles. The van der Waals surface area contributed by atoms with Gasteiger partial charge in [0.15, 0.2) is 0 Å². The van der Waals surface area contributed by atoms with Crippen molar-refractivity contribution in [2.24, 2.45) is 5.73 Å². The Kier molecular flexibility index (Phi) is 4.83. The SMILES string of the molecule is CN1CCCc2cc(/C=C/C(=O)Nc3cnn(CC(N)=O)c3)ccc21. The third-order valence-electron chi connectivity index (χ3n) is 4.10. The van der Waals surface area contributed by atoms with E-state index < -0.39 is 5.91 Å². The molecule has 0 bridgehead atoms. The third kappa shape index (κ3) is 4.26. The van der Waals surface area contributed by atoms with Crippen LogP contribution in [0.15, 0.2) is 36.7 Å². The van der Waals surface area contributed by atoms with Gasteiger partial charge in [0, 0.05) is 31.6 Å². The molecule has 0 aliphatic carbocycles. The highest BCUT2D eigenvalue weighted by atomic mass is 16.2. The molecule has 130 valence electrons. The van der Waals surface area contributed by atoms with E-state index in [0.717, 1.165) is 24.9 Å². The number of nitrogens with two attached hydrogens (primary N) is 1. The molecule has 1 aliphatic heterocycles. The second kappa shape index (κ2) is 7.21. The van der Waals surface area contributed by atoms with Gasteiger partial charge in [-0.15, -0.1) is 0 Å². The number of primary amides is 1. The van der Waals surface area contributed by atoms with E-state index in [1.807, 2.05) is 6.07 Å². The second-order valence-electron chi connectivity index (χ2n) is 6.13. The van der Waals surface area contributed by atoms with Crippen LogP contribution in [0.3, 0.4) is 0 Å². The van der Waals surface area contributed by atoms with Gasteiger partial charge >= 0.3 is 0 Å². The summed E-state index contributed by atoms with van der Waals surface area (Å²) in [5.74, 6) is -0.743. The maximum Gasteiger partial charge on any atom is 0.248 e. The summed E-state index contributed by atoms with van der Waals surface area (Å²) in [5, 5.41) is 6.66. The number of rotatable bonds is 5. The molecule has 1 aromatic carbocycles. The van der Waals surface area contributed by atoms with Gasteiger partial charge < -0.3 is 16.0 Å². The lowest BCUT2D eigenvalue weighted by Crippen LogP contribution is -2.24. The molecule has 2 aromatic rings. The van der Waals surface area contributed by atoms with Crippen LogP contribution in [0.2, 0.25) is 0 Å². The Morgan fingerprint density at radius 1 is 1.40 bits per heavy atom. The number of anilines is 2. The first-order chi connectivity index (χ1) is 12.0. The Balaban J connectivity index is 1.62. The number of hydrogen-bond donors (Lipinski definition) is 2. The average molecular weight is 339 g/mol. The highest BCUT2D eigenvalue weighted by Gasteiger charge is 2.13. The first-order valence-electron chi connectivity index (χ1n) is 8.15. The van der Waals surface area contributed by atoms with Crippen molar-refractivity contribution in [1.82, 2.24) is 9.78 Å². The second-order valence-corrected chi connectivity index (χ2v) is 6.13. The van der Waals surface area contributed by atoms with Crippen LogP contribution in [-0.2, 0) is 22.6 Å². The third-order valence-corrected chi connectivity index (χ3v) is 4.10. The molecular formula is C18H21N5O2. The summed E-state index contributed by atoms with van der Waals surface area (Å²) in [6.45, 7) is 1.06. The van der Waals surface area contributed by atoms with Crippen LogP contribution in [0, 0.1) is 0 Å². The minimum Gasteiger partial charge on any atom is -0.374 e. The summed E-state index contributed by atoms with van der Waals surface area (Å²) in [6, 6.07) is 6.23. The van der Waals surface area contributed by atoms with E-state index in [1.54, 1.807) is 12.3 Å². The number of nitrogens with one attached hydrogen (secondary N) is 1. The van der Waals surface area contributed by atoms with Gasteiger partial charge in [0.25, 0.3) is 0 Å². The van der Waals surface area contributed by atoms with Crippen molar-refractivity contribution in [3.8, 4) is 0 Å². The molecule has 0 fully saturated rings. The summed E-state index contributed by atoms with van der Waals surface area (Å²) in [4.78, 5) is 25.1. The number of fused-ring (bicyclic) bond motifs is 1. The van der Waals surface area contributed by atoms with Crippen LogP contribution in [0.25, 0.3) is 6.08 Å². The molecule has 7 heteroatoms. The maximum absolute atomic E-state index is 12.0. The normalized spacial score (nSPS) is 13.7. The summed E-state index contributed by atoms with van der Waals surface area (Å²) < 4.78 is 1.38. The number of aromatic nitrogens is 2. The fourth-order valence-electron chi connectivity index (χ4n) is 2.94. The van der Waals surface area contributed by atoms with Gasteiger partial charge in [-0.3, -0.25) is 14.3 Å². The monoisotopic (exact) mass is 339 g/mol. The van der Waals surface area contributed by atoms with E-state index >= 15 is 0 Å². The number of carbonyl (C=O) groups is 2. The quantitative estimate of drug-likeness (QED) is 0.805. The van der Waals surface area contributed by atoms with E-state index in [-0.39, 0.29) is 12.5 Å². The van der Waals surface area contributed by atoms with Gasteiger partial charge in [0.2, 0.25) is 11.8 Å². The summed E-state index contributed by atoms with van der Waals surface area (Å²) in [5.41, 5.74) is 9.18. The molecule has 25 heavy (non-hydrogen) atoms. The van der Waals surface area contributed by atoms with Crippen molar-refractivity contribution in [3.05, 3.63) is 47.8 Å². The Labute approximate surface area is 146 Å². The van der Waals surface area contributed by atoms with Crippen molar-refractivity contribution >= 4 is 29.3 Å². The van der Waals surface area contributed by atoms with E-state index in [9.17, 15) is 9.59 Å². The summed E-state index contributed by atoms with van der Waals surface area (Å²) >= 11 is 0. The molecule has 0 unspecified atom stereocenters. The lowest BCUT2D eigenvalue weighted by molar-refractivity contribution is -0.118. The molecule has 1 aliphatic rings. The largest absolute Gasteiger partial charge is 0.374 e. The Bertz CT molecular complexity index is 825. The molecule has 2 heterocycles. The maximum atomic E-state index is 12.0. The Hall–Kier alpha value is -3.09. The van der Waals surface area contributed by atoms with Crippen LogP contribution >= 0.6 is 0 Å². The van der Waals surface area contributed by atoms with Crippen molar-refractivity contribution in [2.45, 2.75) is 19.4 Å². The highest BCUT2D eigenvalue weighted by molar-refractivity contribution is 6.01. The zero-order valence-electron chi connectivity index (χ0n) is 14.1. The van der Waals surface area contributed by atoms with E-state index in [2.05, 4.69) is 34.5 Å². The lowest BCUT2D eigenvalue weighted by atomic mass is 9.99. The minimum absolute atomic E-state index is 0.0186. The predicted molar refractivity (Wildman–Crippen MR) is 97.1 cm³/mol. The van der Waals surface area contributed by atoms with Gasteiger partial charge in [0.05, 0.1) is 11.9 Å². The molecule has 0 radical (unpaired) electrons. The van der Waals surface area contributed by atoms with Crippen molar-refractivity contribution in [2.75, 3.05) is 23.8 Å². The van der Waals surface area contributed by atoms with Gasteiger partial charge in [-0.2, -0.15) is 5.10 Å². The number of aryl methyl sites for hydroxylation is 1. The topological polar surface area (TPSA) is 93.2 Å². The highest BCUT2D eigenvalue weighted by Crippen LogP contribution is 2.27. The van der Waals surface area contributed by atoms with E-state index in [4.69, 9.17) is 5.73 Å². The standard InChI is InChI=1S/C18H21N5O2/c1-22-8-2-3-14-9-13(4-6-16(14)22)5-7-18(25)21-15-10-20-23(11-15)12-17(19)24/h4-7,9-11H,2-3,8,12H2,1H3,(H2,19,24)(H,21,25)/b7-5+. The first kappa shape index (κ1) is 16.8. The fraction of sp³-hybridized carbons (Fsp3) is 0.278. The molecule has 0 atom stereocenters. The predicted octanol–water partition coefficient (Wildman–Crippen LogP) is 1.40. The fourth-order valence-corrected chi connectivity index (χ4v) is 2.94. The van der Waals surface area contributed by atoms with Crippen LogP contribution < -0.4 is 16.0 Å². The number of benzene rings is 1. The average Bonchev–Trinajstić information content (AvgIpc) is 2.99. The smallest absolute Gasteiger partial charge is 0.248 e. The van der Waals surface area contributed by atoms with E-state index in [1.165, 1.54) is 28.2 Å². The van der Waals surface area contributed by atoms with Crippen molar-refractivity contribution in [1.29, 1.82) is 0 Å². The summed E-state index contributed by atoms with van der Waals surface area (Å²) in [7, 11) is 2.10. The van der Waals surface area contributed by atoms with Gasteiger partial charge in [0.1, 0.15) is 6.54 Å². The van der Waals surface area contributed by atoms with Crippen molar-refractivity contribution in [3.63, 3.8) is 0 Å². The lowest BCUT2D eigenvalue weighted by Gasteiger charge is -2.27. The number of hydrogen-bond acceptors (Lipinski definition) is 4. The van der Waals surface area contributed by atoms with Gasteiger partial charge in [-0.1, -0.05) is 6.07 Å². The molecule has 0 spiro atoms. The summed E-state index contributed by atoms with van der Waals surface area (Å²) in [6.07, 6.45) is 8.52. The molecule has 7 nitrogen and oxygen atoms in total. The van der Waals surface area contributed by atoms with Crippen LogP contribution in [0.5, 0.6) is 0 Å². The number of nitrogens with zero attached hydrogens (tertiary/aromatic N) is 3. The van der Waals surface area contributed by atoms with E-state index in [0.29, 0.717) is 5.69 Å². The number of amides is 2. The van der Waals surface area contributed by atoms with Crippen molar-refractivity contribution < 1.29 is 9.59 Å². The Morgan fingerprint density at radius 3 is 3.04 bits per heavy atom. The van der Waals surface area contributed by atoms with Crippen LogP contribution in [0.4, 0.5) is 11.4 Å². The molecule has 2 amide bonds. The van der Waals surface area contributed by atoms with Gasteiger partial charge in [-0.25, -0.2) is 0 Å². The molecule has 3 N–H and O–H groups in total. The minimum atomic E-state index is -0.487. The van der Waals surface area contributed by atoms with Crippen LogP contribution in [-0.4, -0.2) is 35.2 Å². The molecule has 1 aromatic heterocycles. The molecule has 3 rings (SSSR count). The molecular weight excluding hydrogens is 318 g/mol.